The first-order chi connectivity index (χ1) is 14.7. The van der Waals surface area contributed by atoms with Crippen LogP contribution in [0.2, 0.25) is 0 Å². The van der Waals surface area contributed by atoms with Crippen LogP contribution < -0.4 is 4.74 Å². The largest absolute Gasteiger partial charge is 0.507 e. The number of carbonyl (C=O) groups is 1. The standard InChI is InChI=1S/C29H40O3/c1-11-28(7,8)23-15-19(5)13-21(25(23)30)17-22-14-20(6)16-24(29(9,10)12-2)26(22)32-27(31)18(3)4/h13-16,30H,3,11-12,17H2,1-2,4-10H3. The third-order valence-corrected chi connectivity index (χ3v) is 6.79. The zero-order chi connectivity index (χ0) is 24.4. The van der Waals surface area contributed by atoms with E-state index < -0.39 is 5.97 Å². The van der Waals surface area contributed by atoms with E-state index in [1.54, 1.807) is 6.92 Å². The van der Waals surface area contributed by atoms with Crippen molar-refractivity contribution in [2.45, 2.75) is 92.4 Å². The molecule has 0 aliphatic carbocycles. The second-order valence-electron chi connectivity index (χ2n) is 10.4. The summed E-state index contributed by atoms with van der Waals surface area (Å²) >= 11 is 0. The van der Waals surface area contributed by atoms with E-state index in [0.29, 0.717) is 23.5 Å². The zero-order valence-electron chi connectivity index (χ0n) is 21.4. The predicted octanol–water partition coefficient (Wildman–Crippen LogP) is 7.46. The Bertz CT molecular complexity index is 1030. The van der Waals surface area contributed by atoms with E-state index in [-0.39, 0.29) is 10.8 Å². The number of hydrogen-bond donors (Lipinski definition) is 1. The number of aromatic hydroxyl groups is 1. The molecule has 0 saturated heterocycles. The molecular formula is C29H40O3. The molecule has 0 fully saturated rings. The molecule has 3 nitrogen and oxygen atoms in total. The van der Waals surface area contributed by atoms with Crippen LogP contribution in [0.25, 0.3) is 0 Å². The highest BCUT2D eigenvalue weighted by molar-refractivity contribution is 5.89. The smallest absolute Gasteiger partial charge is 0.338 e. The maximum absolute atomic E-state index is 12.5. The van der Waals surface area contributed by atoms with Gasteiger partial charge in [-0.25, -0.2) is 4.79 Å². The maximum atomic E-state index is 12.5. The molecule has 3 heteroatoms. The van der Waals surface area contributed by atoms with E-state index in [1.807, 2.05) is 6.07 Å². The molecule has 0 saturated carbocycles. The van der Waals surface area contributed by atoms with Crippen molar-refractivity contribution in [1.82, 2.24) is 0 Å². The number of rotatable bonds is 8. The molecule has 0 bridgehead atoms. The Morgan fingerprint density at radius 3 is 1.88 bits per heavy atom. The topological polar surface area (TPSA) is 46.5 Å². The van der Waals surface area contributed by atoms with Crippen LogP contribution in [0.4, 0.5) is 0 Å². The van der Waals surface area contributed by atoms with Crippen molar-refractivity contribution in [2.24, 2.45) is 0 Å². The third-order valence-electron chi connectivity index (χ3n) is 6.79. The molecule has 2 aromatic rings. The lowest BCUT2D eigenvalue weighted by molar-refractivity contribution is -0.130. The van der Waals surface area contributed by atoms with Gasteiger partial charge in [0.05, 0.1) is 0 Å². The number of ether oxygens (including phenoxy) is 1. The lowest BCUT2D eigenvalue weighted by Gasteiger charge is -2.29. The summed E-state index contributed by atoms with van der Waals surface area (Å²) < 4.78 is 5.92. The summed E-state index contributed by atoms with van der Waals surface area (Å²) in [5.74, 6) is 0.495. The van der Waals surface area contributed by atoms with Crippen molar-refractivity contribution in [2.75, 3.05) is 0 Å². The summed E-state index contributed by atoms with van der Waals surface area (Å²) in [7, 11) is 0. The highest BCUT2D eigenvalue weighted by Gasteiger charge is 2.28. The normalized spacial score (nSPS) is 12.0. The number of carbonyl (C=O) groups excluding carboxylic acids is 1. The quantitative estimate of drug-likeness (QED) is 0.265. The van der Waals surface area contributed by atoms with Gasteiger partial charge >= 0.3 is 5.97 Å². The average molecular weight is 437 g/mol. The van der Waals surface area contributed by atoms with Crippen LogP contribution in [-0.4, -0.2) is 11.1 Å². The molecule has 0 radical (unpaired) electrons. The van der Waals surface area contributed by atoms with Crippen LogP contribution in [-0.2, 0) is 22.0 Å². The van der Waals surface area contributed by atoms with Gasteiger partial charge in [0, 0.05) is 28.7 Å². The summed E-state index contributed by atoms with van der Waals surface area (Å²) in [4.78, 5) is 12.5. The molecule has 1 N–H and O–H groups in total. The molecule has 2 rings (SSSR count). The van der Waals surface area contributed by atoms with E-state index in [0.717, 1.165) is 46.2 Å². The fourth-order valence-corrected chi connectivity index (χ4v) is 3.87. The Hall–Kier alpha value is -2.55. The number of aryl methyl sites for hydroxylation is 2. The van der Waals surface area contributed by atoms with Crippen LogP contribution >= 0.6 is 0 Å². The molecule has 0 heterocycles. The molecule has 32 heavy (non-hydrogen) atoms. The second kappa shape index (κ2) is 9.52. The molecule has 0 aliphatic rings. The number of esters is 1. The van der Waals surface area contributed by atoms with E-state index in [2.05, 4.69) is 80.2 Å². The van der Waals surface area contributed by atoms with Gasteiger partial charge in [-0.3, -0.25) is 0 Å². The van der Waals surface area contributed by atoms with Crippen LogP contribution in [0, 0.1) is 13.8 Å². The van der Waals surface area contributed by atoms with Gasteiger partial charge in [0.2, 0.25) is 0 Å². The number of phenolic OH excluding ortho intramolecular Hbond substituents is 1. The summed E-state index contributed by atoms with van der Waals surface area (Å²) in [6.07, 6.45) is 2.30. The number of hydrogen-bond acceptors (Lipinski definition) is 3. The fourth-order valence-electron chi connectivity index (χ4n) is 3.87. The van der Waals surface area contributed by atoms with Gasteiger partial charge in [0.25, 0.3) is 0 Å². The van der Waals surface area contributed by atoms with E-state index >= 15 is 0 Å². The SMILES string of the molecule is C=C(C)C(=O)Oc1c(Cc2cc(C)cc(C(C)(C)CC)c2O)cc(C)cc1C(C)(C)CC. The molecular weight excluding hydrogens is 396 g/mol. The van der Waals surface area contributed by atoms with Crippen molar-refractivity contribution in [3.8, 4) is 11.5 Å². The Balaban J connectivity index is 2.73. The average Bonchev–Trinajstić information content (AvgIpc) is 2.71. The van der Waals surface area contributed by atoms with Crippen molar-refractivity contribution in [3.63, 3.8) is 0 Å². The monoisotopic (exact) mass is 436 g/mol. The fraction of sp³-hybridized carbons (Fsp3) is 0.483. The van der Waals surface area contributed by atoms with Crippen LogP contribution in [0.3, 0.4) is 0 Å². The lowest BCUT2D eigenvalue weighted by atomic mass is 9.78. The van der Waals surface area contributed by atoms with Crippen molar-refractivity contribution in [3.05, 3.63) is 69.8 Å². The molecule has 2 aromatic carbocycles. The summed E-state index contributed by atoms with van der Waals surface area (Å²) in [5, 5.41) is 11.2. The zero-order valence-corrected chi connectivity index (χ0v) is 21.4. The molecule has 0 atom stereocenters. The summed E-state index contributed by atoms with van der Waals surface area (Å²) in [6.45, 7) is 22.4. The van der Waals surface area contributed by atoms with Crippen molar-refractivity contribution < 1.29 is 14.6 Å². The molecule has 0 spiro atoms. The minimum Gasteiger partial charge on any atom is -0.507 e. The first kappa shape index (κ1) is 25.7. The van der Waals surface area contributed by atoms with E-state index in [4.69, 9.17) is 4.74 Å². The predicted molar refractivity (Wildman–Crippen MR) is 134 cm³/mol. The second-order valence-corrected chi connectivity index (χ2v) is 10.4. The molecule has 174 valence electrons. The van der Waals surface area contributed by atoms with E-state index in [1.165, 1.54) is 0 Å². The first-order valence-electron chi connectivity index (χ1n) is 11.6. The summed E-state index contributed by atoms with van der Waals surface area (Å²) in [5.41, 5.74) is 5.98. The third kappa shape index (κ3) is 5.43. The molecule has 0 amide bonds. The maximum Gasteiger partial charge on any atom is 0.338 e. The van der Waals surface area contributed by atoms with Crippen LogP contribution in [0.5, 0.6) is 11.5 Å². The van der Waals surface area contributed by atoms with Gasteiger partial charge in [0.15, 0.2) is 0 Å². The minimum absolute atomic E-state index is 0.137. The van der Waals surface area contributed by atoms with Gasteiger partial charge in [-0.05, 0) is 50.0 Å². The van der Waals surface area contributed by atoms with Gasteiger partial charge in [-0.2, -0.15) is 0 Å². The van der Waals surface area contributed by atoms with Gasteiger partial charge < -0.3 is 9.84 Å². The highest BCUT2D eigenvalue weighted by Crippen LogP contribution is 2.41. The lowest BCUT2D eigenvalue weighted by Crippen LogP contribution is -2.21. The molecule has 0 unspecified atom stereocenters. The Kier molecular flexibility index (Phi) is 7.65. The summed E-state index contributed by atoms with van der Waals surface area (Å²) in [6, 6.07) is 8.27. The Morgan fingerprint density at radius 2 is 1.38 bits per heavy atom. The van der Waals surface area contributed by atoms with Crippen molar-refractivity contribution in [1.29, 1.82) is 0 Å². The van der Waals surface area contributed by atoms with Crippen LogP contribution in [0.15, 0.2) is 36.4 Å². The van der Waals surface area contributed by atoms with Gasteiger partial charge in [-0.1, -0.05) is 83.5 Å². The van der Waals surface area contributed by atoms with Gasteiger partial charge in [0.1, 0.15) is 11.5 Å². The molecule has 0 aliphatic heterocycles. The van der Waals surface area contributed by atoms with Crippen molar-refractivity contribution >= 4 is 5.97 Å². The van der Waals surface area contributed by atoms with E-state index in [9.17, 15) is 9.90 Å². The Labute approximate surface area is 194 Å². The number of benzene rings is 2. The van der Waals surface area contributed by atoms with Gasteiger partial charge in [-0.15, -0.1) is 0 Å². The first-order valence-corrected chi connectivity index (χ1v) is 11.6. The molecule has 0 aromatic heterocycles. The highest BCUT2D eigenvalue weighted by atomic mass is 16.5. The van der Waals surface area contributed by atoms with Crippen LogP contribution in [0.1, 0.15) is 94.7 Å². The Morgan fingerprint density at radius 1 is 0.906 bits per heavy atom. The number of phenols is 1. The minimum atomic E-state index is -0.426.